The first kappa shape index (κ1) is 18.9. The van der Waals surface area contributed by atoms with Gasteiger partial charge in [-0.3, -0.25) is 4.79 Å². The fourth-order valence-corrected chi connectivity index (χ4v) is 2.13. The van der Waals surface area contributed by atoms with Gasteiger partial charge in [-0.2, -0.15) is 0 Å². The van der Waals surface area contributed by atoms with Crippen molar-refractivity contribution >= 4 is 12.1 Å². The van der Waals surface area contributed by atoms with Gasteiger partial charge >= 0.3 is 12.1 Å². The molecule has 0 radical (unpaired) electrons. The summed E-state index contributed by atoms with van der Waals surface area (Å²) in [5.41, 5.74) is 5.41. The molecule has 1 aliphatic heterocycles. The summed E-state index contributed by atoms with van der Waals surface area (Å²) in [5.74, 6) is -0.335. The summed E-state index contributed by atoms with van der Waals surface area (Å²) in [7, 11) is 3.53. The highest BCUT2D eigenvalue weighted by Gasteiger charge is 2.20. The highest BCUT2D eigenvalue weighted by atomic mass is 16.6. The molecule has 128 valence electrons. The number of benzene rings is 1. The van der Waals surface area contributed by atoms with Crippen LogP contribution in [0.3, 0.4) is 0 Å². The van der Waals surface area contributed by atoms with Crippen molar-refractivity contribution in [1.82, 2.24) is 9.80 Å². The van der Waals surface area contributed by atoms with E-state index in [4.69, 9.17) is 9.84 Å². The summed E-state index contributed by atoms with van der Waals surface area (Å²) in [6.07, 6.45) is 0.240. The zero-order valence-corrected chi connectivity index (χ0v) is 13.7. The van der Waals surface area contributed by atoms with E-state index >= 15 is 0 Å². The Balaban J connectivity index is 0.00000127. The highest BCUT2D eigenvalue weighted by molar-refractivity contribution is 5.71. The van der Waals surface area contributed by atoms with Gasteiger partial charge in [0.2, 0.25) is 0 Å². The molecular formula is C16H25N3O4. The first-order valence-corrected chi connectivity index (χ1v) is 7.58. The van der Waals surface area contributed by atoms with Crippen LogP contribution in [0.1, 0.15) is 12.0 Å². The normalized spacial score (nSPS) is 14.7. The molecule has 0 atom stereocenters. The highest BCUT2D eigenvalue weighted by Crippen LogP contribution is 2.15. The maximum absolute atomic E-state index is 12.0. The molecule has 0 bridgehead atoms. The molecule has 1 heterocycles. The number of nitrogens with two attached hydrogens (primary N) is 1. The maximum atomic E-state index is 12.0. The second-order valence-electron chi connectivity index (χ2n) is 5.20. The monoisotopic (exact) mass is 323 g/mol. The predicted molar refractivity (Wildman–Crippen MR) is 87.6 cm³/mol. The summed E-state index contributed by atoms with van der Waals surface area (Å²) in [6.45, 7) is 3.05. The molecule has 0 saturated carbocycles. The van der Waals surface area contributed by atoms with Crippen LogP contribution in [-0.4, -0.2) is 67.2 Å². The Bertz CT molecular complexity index is 497. The summed E-state index contributed by atoms with van der Waals surface area (Å²) >= 11 is 0. The van der Waals surface area contributed by atoms with E-state index in [1.165, 1.54) is 7.05 Å². The summed E-state index contributed by atoms with van der Waals surface area (Å²) in [5, 5.41) is 8.63. The molecule has 23 heavy (non-hydrogen) atoms. The number of carboxylic acid groups (broad SMARTS) is 1. The van der Waals surface area contributed by atoms with E-state index in [0.29, 0.717) is 25.3 Å². The molecule has 1 aliphatic rings. The molecule has 0 unspecified atom stereocenters. The molecule has 1 aromatic carbocycles. The van der Waals surface area contributed by atoms with Gasteiger partial charge in [-0.25, -0.2) is 4.79 Å². The number of amides is 1. The molecule has 3 N–H and O–H groups in total. The molecule has 7 nitrogen and oxygen atoms in total. The Morgan fingerprint density at radius 3 is 2.22 bits per heavy atom. The molecule has 2 rings (SSSR count). The predicted octanol–water partition coefficient (Wildman–Crippen LogP) is 1.02. The third kappa shape index (κ3) is 6.66. The van der Waals surface area contributed by atoms with Gasteiger partial charge in [0.05, 0.1) is 0 Å². The number of hydrogen-bond donors (Lipinski definition) is 2. The molecule has 1 amide bonds. The summed E-state index contributed by atoms with van der Waals surface area (Å²) in [6, 6.07) is 6.97. The average molecular weight is 323 g/mol. The van der Waals surface area contributed by atoms with E-state index in [1.807, 2.05) is 7.05 Å². The topological polar surface area (TPSA) is 96.1 Å². The van der Waals surface area contributed by atoms with Gasteiger partial charge in [-0.05, 0) is 38.2 Å². The van der Waals surface area contributed by atoms with Crippen LogP contribution in [0.2, 0.25) is 0 Å². The van der Waals surface area contributed by atoms with Gasteiger partial charge in [0.1, 0.15) is 5.75 Å². The number of nitrogens with zero attached hydrogens (tertiary/aromatic N) is 2. The molecule has 0 aromatic heterocycles. The van der Waals surface area contributed by atoms with E-state index in [0.717, 1.165) is 18.7 Å². The fourth-order valence-electron chi connectivity index (χ4n) is 2.13. The number of carbonyl (C=O) groups is 2. The molecule has 1 aromatic rings. The van der Waals surface area contributed by atoms with Crippen molar-refractivity contribution in [2.24, 2.45) is 5.73 Å². The van der Waals surface area contributed by atoms with Crippen LogP contribution in [0.4, 0.5) is 4.79 Å². The zero-order valence-electron chi connectivity index (χ0n) is 13.7. The largest absolute Gasteiger partial charge is 0.481 e. The minimum Gasteiger partial charge on any atom is -0.481 e. The number of ether oxygens (including phenoxy) is 1. The van der Waals surface area contributed by atoms with Crippen molar-refractivity contribution < 1.29 is 19.4 Å². The van der Waals surface area contributed by atoms with Gasteiger partial charge in [0, 0.05) is 32.6 Å². The smallest absolute Gasteiger partial charge is 0.415 e. The van der Waals surface area contributed by atoms with Crippen molar-refractivity contribution in [3.05, 3.63) is 29.8 Å². The maximum Gasteiger partial charge on any atom is 0.415 e. The van der Waals surface area contributed by atoms with Crippen LogP contribution < -0.4 is 10.5 Å². The summed E-state index contributed by atoms with van der Waals surface area (Å²) < 4.78 is 5.32. The second kappa shape index (κ2) is 9.81. The Labute approximate surface area is 136 Å². The Morgan fingerprint density at radius 2 is 1.70 bits per heavy atom. The molecule has 1 saturated heterocycles. The lowest BCUT2D eigenvalue weighted by atomic mass is 10.1. The van der Waals surface area contributed by atoms with E-state index < -0.39 is 5.97 Å². The minimum atomic E-state index is -0.819. The number of carboxylic acids is 1. The van der Waals surface area contributed by atoms with E-state index in [2.05, 4.69) is 10.6 Å². The van der Waals surface area contributed by atoms with E-state index in [1.54, 1.807) is 29.2 Å². The van der Waals surface area contributed by atoms with Gasteiger partial charge in [0.25, 0.3) is 0 Å². The van der Waals surface area contributed by atoms with Crippen molar-refractivity contribution in [2.75, 3.05) is 40.3 Å². The Morgan fingerprint density at radius 1 is 1.13 bits per heavy atom. The fraction of sp³-hybridized carbons (Fsp3) is 0.500. The van der Waals surface area contributed by atoms with Crippen molar-refractivity contribution in [3.8, 4) is 5.75 Å². The van der Waals surface area contributed by atoms with Gasteiger partial charge in [0.15, 0.2) is 0 Å². The van der Waals surface area contributed by atoms with Gasteiger partial charge in [-0.1, -0.05) is 12.1 Å². The van der Waals surface area contributed by atoms with Crippen molar-refractivity contribution in [3.63, 3.8) is 0 Å². The van der Waals surface area contributed by atoms with Crippen LogP contribution in [-0.2, 0) is 11.2 Å². The lowest BCUT2D eigenvalue weighted by Gasteiger charge is -2.31. The lowest BCUT2D eigenvalue weighted by molar-refractivity contribution is -0.136. The summed E-state index contributed by atoms with van der Waals surface area (Å²) in [4.78, 5) is 26.3. The first-order valence-electron chi connectivity index (χ1n) is 7.58. The van der Waals surface area contributed by atoms with E-state index in [9.17, 15) is 9.59 Å². The number of piperazine rings is 1. The third-order valence-electron chi connectivity index (χ3n) is 3.52. The van der Waals surface area contributed by atoms with Crippen LogP contribution in [0.15, 0.2) is 24.3 Å². The second-order valence-corrected chi connectivity index (χ2v) is 5.20. The number of hydrogen-bond acceptors (Lipinski definition) is 5. The number of rotatable bonds is 4. The van der Waals surface area contributed by atoms with Gasteiger partial charge in [-0.15, -0.1) is 0 Å². The number of likely N-dealkylation sites (N-methyl/N-ethyl adjacent to an activating group) is 1. The average Bonchev–Trinajstić information content (AvgIpc) is 2.56. The number of aryl methyl sites for hydroxylation is 1. The van der Waals surface area contributed by atoms with E-state index in [-0.39, 0.29) is 12.5 Å². The molecule has 7 heteroatoms. The molecule has 1 fully saturated rings. The third-order valence-corrected chi connectivity index (χ3v) is 3.52. The SMILES string of the molecule is CN.CN1CCN(C(=O)Oc2ccc(CCC(=O)O)cc2)CC1. The Kier molecular flexibility index (Phi) is 8.07. The lowest BCUT2D eigenvalue weighted by Crippen LogP contribution is -2.48. The first-order chi connectivity index (χ1) is 11.0. The quantitative estimate of drug-likeness (QED) is 0.859. The molecule has 0 aliphatic carbocycles. The number of carbonyl (C=O) groups excluding carboxylic acids is 1. The molecular weight excluding hydrogens is 298 g/mol. The van der Waals surface area contributed by atoms with Crippen molar-refractivity contribution in [2.45, 2.75) is 12.8 Å². The minimum absolute atomic E-state index is 0.0976. The van der Waals surface area contributed by atoms with Crippen LogP contribution >= 0.6 is 0 Å². The number of aliphatic carboxylic acids is 1. The Hall–Kier alpha value is -2.12. The van der Waals surface area contributed by atoms with Gasteiger partial charge < -0.3 is 25.4 Å². The van der Waals surface area contributed by atoms with Crippen LogP contribution in [0, 0.1) is 0 Å². The van der Waals surface area contributed by atoms with Crippen molar-refractivity contribution in [1.29, 1.82) is 0 Å². The van der Waals surface area contributed by atoms with Crippen LogP contribution in [0.5, 0.6) is 5.75 Å². The standard InChI is InChI=1S/C15H20N2O4.CH5N/c1-16-8-10-17(11-9-16)15(20)21-13-5-2-12(3-6-13)4-7-14(18)19;1-2/h2-3,5-6H,4,7-11H2,1H3,(H,18,19);2H2,1H3. The zero-order chi connectivity index (χ0) is 17.2. The van der Waals surface area contributed by atoms with Crippen LogP contribution in [0.25, 0.3) is 0 Å². The molecule has 0 spiro atoms.